The Morgan fingerprint density at radius 3 is 2.43 bits per heavy atom. The van der Waals surface area contributed by atoms with E-state index in [9.17, 15) is 4.79 Å². The number of benzene rings is 2. The lowest BCUT2D eigenvalue weighted by Crippen LogP contribution is -2.36. The van der Waals surface area contributed by atoms with Gasteiger partial charge in [-0.2, -0.15) is 0 Å². The van der Waals surface area contributed by atoms with Gasteiger partial charge in [0.25, 0.3) is 5.91 Å². The lowest BCUT2D eigenvalue weighted by atomic mass is 10.1. The van der Waals surface area contributed by atoms with E-state index in [1.807, 2.05) is 74.2 Å². The minimum absolute atomic E-state index is 0.0552. The first kappa shape index (κ1) is 19.8. The van der Waals surface area contributed by atoms with E-state index in [4.69, 9.17) is 11.6 Å². The molecule has 1 amide bonds. The summed E-state index contributed by atoms with van der Waals surface area (Å²) in [6.07, 6.45) is 3.11. The molecule has 3 aromatic rings. The number of anilines is 2. The predicted molar refractivity (Wildman–Crippen MR) is 113 cm³/mol. The van der Waals surface area contributed by atoms with Crippen LogP contribution in [0.15, 0.2) is 60.9 Å². The van der Waals surface area contributed by atoms with Crippen molar-refractivity contribution in [2.75, 3.05) is 5.32 Å². The highest BCUT2D eigenvalue weighted by atomic mass is 35.5. The van der Waals surface area contributed by atoms with Crippen molar-refractivity contribution in [3.05, 3.63) is 82.6 Å². The molecule has 0 atom stereocenters. The van der Waals surface area contributed by atoms with E-state index in [0.29, 0.717) is 23.1 Å². The van der Waals surface area contributed by atoms with Gasteiger partial charge < -0.3 is 10.2 Å². The maximum absolute atomic E-state index is 13.0. The first-order chi connectivity index (χ1) is 13.4. The fourth-order valence-electron chi connectivity index (χ4n) is 2.79. The molecule has 0 saturated carbocycles. The number of amides is 1. The Balaban J connectivity index is 1.75. The Morgan fingerprint density at radius 2 is 1.79 bits per heavy atom. The minimum Gasteiger partial charge on any atom is -0.332 e. The van der Waals surface area contributed by atoms with Crippen LogP contribution in [0, 0.1) is 6.92 Å². The van der Waals surface area contributed by atoms with Gasteiger partial charge >= 0.3 is 0 Å². The standard InChI is InChI=1S/C22H23ClN4O/c1-15(2)27(14-17-7-5-4-6-8-17)21(28)18-12-24-22(25-13-18)26-20-11-19(23)10-9-16(20)3/h4-13,15H,14H2,1-3H3,(H,24,25,26). The summed E-state index contributed by atoms with van der Waals surface area (Å²) in [7, 11) is 0. The summed E-state index contributed by atoms with van der Waals surface area (Å²) in [6.45, 7) is 6.51. The number of rotatable bonds is 6. The molecule has 6 heteroatoms. The molecule has 144 valence electrons. The molecule has 1 N–H and O–H groups in total. The van der Waals surface area contributed by atoms with Gasteiger partial charge in [-0.15, -0.1) is 0 Å². The average molecular weight is 395 g/mol. The maximum atomic E-state index is 13.0. The van der Waals surface area contributed by atoms with E-state index in [-0.39, 0.29) is 11.9 Å². The summed E-state index contributed by atoms with van der Waals surface area (Å²) >= 11 is 6.05. The monoisotopic (exact) mass is 394 g/mol. The van der Waals surface area contributed by atoms with Crippen LogP contribution in [0.5, 0.6) is 0 Å². The third-order valence-electron chi connectivity index (χ3n) is 4.42. The van der Waals surface area contributed by atoms with E-state index in [2.05, 4.69) is 15.3 Å². The molecule has 2 aromatic carbocycles. The number of aromatic nitrogens is 2. The van der Waals surface area contributed by atoms with Gasteiger partial charge in [0.05, 0.1) is 5.56 Å². The van der Waals surface area contributed by atoms with Crippen LogP contribution in [0.1, 0.15) is 35.3 Å². The van der Waals surface area contributed by atoms with Gasteiger partial charge in [0, 0.05) is 35.7 Å². The zero-order valence-corrected chi connectivity index (χ0v) is 16.9. The predicted octanol–water partition coefficient (Wildman–Crippen LogP) is 5.23. The van der Waals surface area contributed by atoms with Gasteiger partial charge in [0.1, 0.15) is 0 Å². The molecule has 5 nitrogen and oxygen atoms in total. The molecule has 3 rings (SSSR count). The molecule has 0 aliphatic carbocycles. The Labute approximate surface area is 170 Å². The first-order valence-electron chi connectivity index (χ1n) is 9.14. The third-order valence-corrected chi connectivity index (χ3v) is 4.66. The molecule has 0 saturated heterocycles. The Morgan fingerprint density at radius 1 is 1.11 bits per heavy atom. The highest BCUT2D eigenvalue weighted by Crippen LogP contribution is 2.22. The van der Waals surface area contributed by atoms with Crippen LogP contribution in [0.3, 0.4) is 0 Å². The Kier molecular flexibility index (Phi) is 6.26. The number of halogens is 1. The van der Waals surface area contributed by atoms with Gasteiger partial charge in [0.2, 0.25) is 5.95 Å². The van der Waals surface area contributed by atoms with E-state index in [0.717, 1.165) is 16.8 Å². The Bertz CT molecular complexity index is 943. The molecule has 0 fully saturated rings. The number of nitrogens with one attached hydrogen (secondary N) is 1. The van der Waals surface area contributed by atoms with Crippen LogP contribution < -0.4 is 5.32 Å². The molecule has 1 heterocycles. The number of hydrogen-bond acceptors (Lipinski definition) is 4. The second-order valence-corrected chi connectivity index (χ2v) is 7.33. The van der Waals surface area contributed by atoms with Gasteiger partial charge in [-0.1, -0.05) is 48.0 Å². The number of carbonyl (C=O) groups is 1. The van der Waals surface area contributed by atoms with Crippen LogP contribution in [-0.4, -0.2) is 26.8 Å². The third kappa shape index (κ3) is 4.87. The quantitative estimate of drug-likeness (QED) is 0.621. The molecule has 0 radical (unpaired) electrons. The van der Waals surface area contributed by atoms with E-state index in [1.165, 1.54) is 0 Å². The summed E-state index contributed by atoms with van der Waals surface area (Å²) in [5.41, 5.74) is 3.40. The SMILES string of the molecule is Cc1ccc(Cl)cc1Nc1ncc(C(=O)N(Cc2ccccc2)C(C)C)cn1. The lowest BCUT2D eigenvalue weighted by molar-refractivity contribution is 0.0689. The fourth-order valence-corrected chi connectivity index (χ4v) is 2.96. The molecule has 1 aromatic heterocycles. The summed E-state index contributed by atoms with van der Waals surface area (Å²) < 4.78 is 0. The molecule has 0 spiro atoms. The zero-order valence-electron chi connectivity index (χ0n) is 16.2. The van der Waals surface area contributed by atoms with Crippen molar-refractivity contribution in [2.45, 2.75) is 33.4 Å². The van der Waals surface area contributed by atoms with Gasteiger partial charge in [-0.3, -0.25) is 4.79 Å². The van der Waals surface area contributed by atoms with Crippen molar-refractivity contribution < 1.29 is 4.79 Å². The number of aryl methyl sites for hydroxylation is 1. The van der Waals surface area contributed by atoms with Crippen LogP contribution in [0.25, 0.3) is 0 Å². The van der Waals surface area contributed by atoms with E-state index >= 15 is 0 Å². The second-order valence-electron chi connectivity index (χ2n) is 6.89. The minimum atomic E-state index is -0.0932. The molecular weight excluding hydrogens is 372 g/mol. The molecule has 0 bridgehead atoms. The largest absolute Gasteiger partial charge is 0.332 e. The lowest BCUT2D eigenvalue weighted by Gasteiger charge is -2.26. The average Bonchev–Trinajstić information content (AvgIpc) is 2.69. The highest BCUT2D eigenvalue weighted by molar-refractivity contribution is 6.30. The van der Waals surface area contributed by atoms with Crippen LogP contribution in [-0.2, 0) is 6.54 Å². The van der Waals surface area contributed by atoms with Crippen molar-refractivity contribution in [3.8, 4) is 0 Å². The maximum Gasteiger partial charge on any atom is 0.257 e. The van der Waals surface area contributed by atoms with Crippen molar-refractivity contribution in [1.29, 1.82) is 0 Å². The molecule has 0 aliphatic rings. The van der Waals surface area contributed by atoms with Crippen molar-refractivity contribution >= 4 is 29.1 Å². The zero-order chi connectivity index (χ0) is 20.1. The van der Waals surface area contributed by atoms with Crippen LogP contribution in [0.2, 0.25) is 5.02 Å². The van der Waals surface area contributed by atoms with Crippen molar-refractivity contribution in [2.24, 2.45) is 0 Å². The normalized spacial score (nSPS) is 10.8. The summed E-state index contributed by atoms with van der Waals surface area (Å²) in [4.78, 5) is 23.4. The van der Waals surface area contributed by atoms with Gasteiger partial charge in [0.15, 0.2) is 0 Å². The van der Waals surface area contributed by atoms with Gasteiger partial charge in [-0.05, 0) is 44.0 Å². The fraction of sp³-hybridized carbons (Fsp3) is 0.227. The van der Waals surface area contributed by atoms with Crippen molar-refractivity contribution in [3.63, 3.8) is 0 Å². The van der Waals surface area contributed by atoms with Crippen LogP contribution >= 0.6 is 11.6 Å². The molecular formula is C22H23ClN4O. The topological polar surface area (TPSA) is 58.1 Å². The second kappa shape index (κ2) is 8.85. The molecule has 0 unspecified atom stereocenters. The van der Waals surface area contributed by atoms with Crippen LogP contribution in [0.4, 0.5) is 11.6 Å². The highest BCUT2D eigenvalue weighted by Gasteiger charge is 2.20. The number of nitrogens with zero attached hydrogens (tertiary/aromatic N) is 3. The summed E-state index contributed by atoms with van der Waals surface area (Å²) in [5, 5.41) is 3.77. The molecule has 0 aliphatic heterocycles. The summed E-state index contributed by atoms with van der Waals surface area (Å²) in [6, 6.07) is 15.6. The smallest absolute Gasteiger partial charge is 0.257 e. The number of carbonyl (C=O) groups excluding carboxylic acids is 1. The summed E-state index contributed by atoms with van der Waals surface area (Å²) in [5.74, 6) is 0.324. The number of hydrogen-bond donors (Lipinski definition) is 1. The first-order valence-corrected chi connectivity index (χ1v) is 9.52. The molecule has 28 heavy (non-hydrogen) atoms. The Hall–Kier alpha value is -2.92. The van der Waals surface area contributed by atoms with E-state index in [1.54, 1.807) is 12.4 Å². The van der Waals surface area contributed by atoms with E-state index < -0.39 is 0 Å². The van der Waals surface area contributed by atoms with Crippen molar-refractivity contribution in [1.82, 2.24) is 14.9 Å². The van der Waals surface area contributed by atoms with Gasteiger partial charge in [-0.25, -0.2) is 9.97 Å².